The maximum Gasteiger partial charge on any atom is 0.312 e. The van der Waals surface area contributed by atoms with E-state index in [0.717, 1.165) is 6.42 Å². The molecule has 2 heteroatoms. The van der Waals surface area contributed by atoms with Crippen LogP contribution in [0.2, 0.25) is 0 Å². The molecule has 2 unspecified atom stereocenters. The molecule has 0 N–H and O–H groups in total. The molecule has 1 aliphatic carbocycles. The van der Waals surface area contributed by atoms with Crippen LogP contribution >= 0.6 is 0 Å². The molecule has 0 radical (unpaired) electrons. The molecule has 0 aromatic heterocycles. The molecular weight excluding hydrogens is 140 g/mol. The van der Waals surface area contributed by atoms with Crippen molar-refractivity contribution in [1.82, 2.24) is 0 Å². The predicted octanol–water partition coefficient (Wildman–Crippen LogP) is 1.84. The third-order valence-corrected chi connectivity index (χ3v) is 2.96. The lowest BCUT2D eigenvalue weighted by Crippen LogP contribution is -2.25. The Morgan fingerprint density at radius 1 is 1.64 bits per heavy atom. The van der Waals surface area contributed by atoms with Gasteiger partial charge in [-0.05, 0) is 18.3 Å². The topological polar surface area (TPSA) is 26.3 Å². The predicted molar refractivity (Wildman–Crippen MR) is 43.1 cm³/mol. The van der Waals surface area contributed by atoms with Gasteiger partial charge in [0, 0.05) is 0 Å². The Balaban J connectivity index is 2.71. The molecule has 0 bridgehead atoms. The maximum absolute atomic E-state index is 11.3. The van der Waals surface area contributed by atoms with Crippen molar-refractivity contribution in [3.05, 3.63) is 0 Å². The van der Waals surface area contributed by atoms with Crippen molar-refractivity contribution >= 4 is 5.97 Å². The molecule has 2 atom stereocenters. The number of hydrogen-bond acceptors (Lipinski definition) is 2. The summed E-state index contributed by atoms with van der Waals surface area (Å²) in [7, 11) is 1.47. The average Bonchev–Trinajstić information content (AvgIpc) is 2.61. The number of rotatable bonds is 2. The van der Waals surface area contributed by atoms with Gasteiger partial charge in [-0.25, -0.2) is 0 Å². The number of carbonyl (C=O) groups is 1. The van der Waals surface area contributed by atoms with Crippen molar-refractivity contribution in [3.8, 4) is 0 Å². The van der Waals surface area contributed by atoms with Crippen LogP contribution in [0.5, 0.6) is 0 Å². The maximum atomic E-state index is 11.3. The summed E-state index contributed by atoms with van der Waals surface area (Å²) < 4.78 is 4.77. The van der Waals surface area contributed by atoms with Gasteiger partial charge in [0.15, 0.2) is 0 Å². The van der Waals surface area contributed by atoms with Gasteiger partial charge in [-0.2, -0.15) is 0 Å². The molecule has 0 amide bonds. The number of carbonyl (C=O) groups excluding carboxylic acids is 1. The third-order valence-electron chi connectivity index (χ3n) is 2.96. The summed E-state index contributed by atoms with van der Waals surface area (Å²) in [5, 5.41) is 0. The van der Waals surface area contributed by atoms with E-state index in [4.69, 9.17) is 4.74 Å². The molecule has 1 aliphatic rings. The van der Waals surface area contributed by atoms with E-state index in [0.29, 0.717) is 11.8 Å². The lowest BCUT2D eigenvalue weighted by atomic mass is 9.90. The van der Waals surface area contributed by atoms with Crippen LogP contribution in [-0.2, 0) is 9.53 Å². The summed E-state index contributed by atoms with van der Waals surface area (Å²) >= 11 is 0. The largest absolute Gasteiger partial charge is 0.469 e. The first-order chi connectivity index (χ1) is 5.05. The van der Waals surface area contributed by atoms with Crippen LogP contribution in [0.3, 0.4) is 0 Å². The second kappa shape index (κ2) is 2.50. The normalized spacial score (nSPS) is 35.5. The van der Waals surface area contributed by atoms with Crippen molar-refractivity contribution < 1.29 is 9.53 Å². The molecule has 0 heterocycles. The van der Waals surface area contributed by atoms with Gasteiger partial charge in [-0.15, -0.1) is 0 Å². The van der Waals surface area contributed by atoms with Crippen molar-refractivity contribution in [1.29, 1.82) is 0 Å². The highest BCUT2D eigenvalue weighted by Crippen LogP contribution is 2.58. The minimum absolute atomic E-state index is 0.0278. The Hall–Kier alpha value is -0.530. The van der Waals surface area contributed by atoms with Gasteiger partial charge >= 0.3 is 5.97 Å². The number of ether oxygens (including phenoxy) is 1. The first-order valence-electron chi connectivity index (χ1n) is 4.14. The summed E-state index contributed by atoms with van der Waals surface area (Å²) in [6.45, 7) is 6.28. The van der Waals surface area contributed by atoms with Crippen molar-refractivity contribution in [3.63, 3.8) is 0 Å². The van der Waals surface area contributed by atoms with E-state index in [-0.39, 0.29) is 11.4 Å². The Bertz CT molecular complexity index is 174. The van der Waals surface area contributed by atoms with E-state index >= 15 is 0 Å². The summed E-state index contributed by atoms with van der Waals surface area (Å²) in [6.07, 6.45) is 0.997. The van der Waals surface area contributed by atoms with Gasteiger partial charge < -0.3 is 4.74 Å². The minimum Gasteiger partial charge on any atom is -0.469 e. The molecule has 0 saturated heterocycles. The fourth-order valence-electron chi connectivity index (χ4n) is 1.96. The molecule has 0 aromatic rings. The SMILES string of the molecule is COC(=O)C1(C(C)C)CC1C. The molecule has 1 fully saturated rings. The number of methoxy groups -OCH3 is 1. The highest BCUT2D eigenvalue weighted by atomic mass is 16.5. The zero-order valence-corrected chi connectivity index (χ0v) is 7.68. The minimum atomic E-state index is -0.144. The van der Waals surface area contributed by atoms with E-state index in [1.165, 1.54) is 7.11 Å². The number of hydrogen-bond donors (Lipinski definition) is 0. The summed E-state index contributed by atoms with van der Waals surface area (Å²) in [4.78, 5) is 11.3. The summed E-state index contributed by atoms with van der Waals surface area (Å²) in [5.74, 6) is 0.889. The molecule has 11 heavy (non-hydrogen) atoms. The fourth-order valence-corrected chi connectivity index (χ4v) is 1.96. The highest BCUT2D eigenvalue weighted by Gasteiger charge is 2.60. The van der Waals surface area contributed by atoms with Gasteiger partial charge in [0.25, 0.3) is 0 Å². The van der Waals surface area contributed by atoms with Crippen molar-refractivity contribution in [2.45, 2.75) is 27.2 Å². The zero-order valence-electron chi connectivity index (χ0n) is 7.68. The smallest absolute Gasteiger partial charge is 0.312 e. The highest BCUT2D eigenvalue weighted by molar-refractivity contribution is 5.80. The lowest BCUT2D eigenvalue weighted by Gasteiger charge is -2.17. The Kier molecular flexibility index (Phi) is 1.95. The van der Waals surface area contributed by atoms with E-state index in [1.807, 2.05) is 0 Å². The molecule has 64 valence electrons. The van der Waals surface area contributed by atoms with Gasteiger partial charge in [-0.3, -0.25) is 4.79 Å². The molecule has 0 aliphatic heterocycles. The molecular formula is C9H16O2. The first-order valence-corrected chi connectivity index (χ1v) is 4.14. The monoisotopic (exact) mass is 156 g/mol. The Morgan fingerprint density at radius 2 is 2.09 bits per heavy atom. The van der Waals surface area contributed by atoms with Crippen LogP contribution in [0.4, 0.5) is 0 Å². The zero-order chi connectivity index (χ0) is 8.65. The second-order valence-corrected chi connectivity index (χ2v) is 3.79. The van der Waals surface area contributed by atoms with Crippen LogP contribution in [0, 0.1) is 17.3 Å². The summed E-state index contributed by atoms with van der Waals surface area (Å²) in [6, 6.07) is 0. The van der Waals surface area contributed by atoms with Crippen LogP contribution < -0.4 is 0 Å². The Morgan fingerprint density at radius 3 is 2.18 bits per heavy atom. The van der Waals surface area contributed by atoms with Crippen LogP contribution in [0.15, 0.2) is 0 Å². The lowest BCUT2D eigenvalue weighted by molar-refractivity contribution is -0.149. The molecule has 2 nitrogen and oxygen atoms in total. The summed E-state index contributed by atoms with van der Waals surface area (Å²) in [5.41, 5.74) is -0.144. The number of esters is 1. The first kappa shape index (κ1) is 8.57. The van der Waals surface area contributed by atoms with E-state index in [2.05, 4.69) is 20.8 Å². The van der Waals surface area contributed by atoms with Crippen LogP contribution in [-0.4, -0.2) is 13.1 Å². The van der Waals surface area contributed by atoms with E-state index < -0.39 is 0 Å². The fraction of sp³-hybridized carbons (Fsp3) is 0.889. The molecule has 0 aromatic carbocycles. The van der Waals surface area contributed by atoms with Crippen molar-refractivity contribution in [2.75, 3.05) is 7.11 Å². The average molecular weight is 156 g/mol. The van der Waals surface area contributed by atoms with Gasteiger partial charge in [0.05, 0.1) is 12.5 Å². The van der Waals surface area contributed by atoms with Gasteiger partial charge in [0.1, 0.15) is 0 Å². The standard InChI is InChI=1S/C9H16O2/c1-6(2)9(5-7(9)3)8(10)11-4/h6-7H,5H2,1-4H3. The van der Waals surface area contributed by atoms with Crippen LogP contribution in [0.25, 0.3) is 0 Å². The quantitative estimate of drug-likeness (QED) is 0.570. The second-order valence-electron chi connectivity index (χ2n) is 3.79. The van der Waals surface area contributed by atoms with Crippen LogP contribution in [0.1, 0.15) is 27.2 Å². The van der Waals surface area contributed by atoms with Gasteiger partial charge in [0.2, 0.25) is 0 Å². The molecule has 1 rings (SSSR count). The molecule has 0 spiro atoms. The van der Waals surface area contributed by atoms with Crippen molar-refractivity contribution in [2.24, 2.45) is 17.3 Å². The van der Waals surface area contributed by atoms with E-state index in [1.54, 1.807) is 0 Å². The van der Waals surface area contributed by atoms with E-state index in [9.17, 15) is 4.79 Å². The Labute approximate surface area is 67.9 Å². The third kappa shape index (κ3) is 1.05. The van der Waals surface area contributed by atoms with Gasteiger partial charge in [-0.1, -0.05) is 20.8 Å². The molecule has 1 saturated carbocycles.